The first-order valence-electron chi connectivity index (χ1n) is 7.26. The smallest absolute Gasteiger partial charge is 0.387 e. The van der Waals surface area contributed by atoms with E-state index in [9.17, 15) is 23.7 Å². The van der Waals surface area contributed by atoms with Crippen molar-refractivity contribution in [2.75, 3.05) is 18.4 Å². The maximum absolute atomic E-state index is 12.4. The lowest BCUT2D eigenvalue weighted by Crippen LogP contribution is -2.35. The fourth-order valence-electron chi connectivity index (χ4n) is 2.40. The molecule has 9 heteroatoms. The number of carbonyl (C=O) groups excluding carboxylic acids is 1. The molecule has 23 heavy (non-hydrogen) atoms. The number of hydrogen-bond donors (Lipinski definition) is 1. The Kier molecular flexibility index (Phi) is 5.67. The summed E-state index contributed by atoms with van der Waals surface area (Å²) < 4.78 is 29.2. The van der Waals surface area contributed by atoms with Gasteiger partial charge < -0.3 is 15.0 Å². The van der Waals surface area contributed by atoms with Crippen molar-refractivity contribution in [1.29, 1.82) is 0 Å². The molecule has 1 aliphatic rings. The van der Waals surface area contributed by atoms with E-state index in [0.29, 0.717) is 13.1 Å². The Morgan fingerprint density at radius 3 is 2.48 bits per heavy atom. The van der Waals surface area contributed by atoms with Crippen LogP contribution in [0.1, 0.15) is 25.7 Å². The molecule has 2 rings (SSSR count). The molecule has 1 aromatic rings. The van der Waals surface area contributed by atoms with Crippen molar-refractivity contribution in [3.05, 3.63) is 28.3 Å². The van der Waals surface area contributed by atoms with Crippen LogP contribution in [-0.4, -0.2) is 35.6 Å². The minimum Gasteiger partial charge on any atom is -0.433 e. The Morgan fingerprint density at radius 1 is 1.26 bits per heavy atom. The molecule has 1 heterocycles. The Morgan fingerprint density at radius 2 is 1.91 bits per heavy atom. The van der Waals surface area contributed by atoms with Gasteiger partial charge in [-0.15, -0.1) is 0 Å². The van der Waals surface area contributed by atoms with E-state index in [4.69, 9.17) is 0 Å². The third kappa shape index (κ3) is 4.76. The molecule has 126 valence electrons. The van der Waals surface area contributed by atoms with Gasteiger partial charge in [-0.05, 0) is 18.9 Å². The highest BCUT2D eigenvalue weighted by molar-refractivity contribution is 5.91. The highest BCUT2D eigenvalue weighted by Crippen LogP contribution is 2.30. The number of nitro benzene ring substituents is 1. The fourth-order valence-corrected chi connectivity index (χ4v) is 2.40. The van der Waals surface area contributed by atoms with E-state index in [-0.39, 0.29) is 17.1 Å². The van der Waals surface area contributed by atoms with Crippen LogP contribution >= 0.6 is 0 Å². The first-order chi connectivity index (χ1) is 11.0. The average Bonchev–Trinajstić information content (AvgIpc) is 2.77. The molecule has 0 aromatic heterocycles. The second-order valence-corrected chi connectivity index (χ2v) is 5.15. The number of carbonyl (C=O) groups is 1. The van der Waals surface area contributed by atoms with E-state index in [1.54, 1.807) is 4.90 Å². The molecule has 1 N–H and O–H groups in total. The zero-order valence-electron chi connectivity index (χ0n) is 12.3. The zero-order chi connectivity index (χ0) is 16.8. The van der Waals surface area contributed by atoms with E-state index in [1.165, 1.54) is 0 Å². The number of rotatable bonds is 4. The summed E-state index contributed by atoms with van der Waals surface area (Å²) in [4.78, 5) is 23.9. The number of nitro groups is 1. The number of non-ortho nitro benzene ring substituents is 1. The van der Waals surface area contributed by atoms with E-state index in [2.05, 4.69) is 10.1 Å². The van der Waals surface area contributed by atoms with Crippen molar-refractivity contribution in [3.8, 4) is 5.75 Å². The SMILES string of the molecule is O=C(Nc1cc([N+](=O)[O-])ccc1OC(F)F)N1CCCCCC1. The normalized spacial score (nSPS) is 15.2. The van der Waals surface area contributed by atoms with Crippen LogP contribution in [0, 0.1) is 10.1 Å². The molecule has 2 amide bonds. The van der Waals surface area contributed by atoms with Crippen molar-refractivity contribution in [2.45, 2.75) is 32.3 Å². The number of benzene rings is 1. The molecule has 0 aliphatic carbocycles. The van der Waals surface area contributed by atoms with Gasteiger partial charge in [0, 0.05) is 25.2 Å². The van der Waals surface area contributed by atoms with Gasteiger partial charge >= 0.3 is 12.6 Å². The van der Waals surface area contributed by atoms with Gasteiger partial charge in [-0.1, -0.05) is 12.8 Å². The number of alkyl halides is 2. The summed E-state index contributed by atoms with van der Waals surface area (Å²) in [6, 6.07) is 2.61. The Labute approximate surface area is 131 Å². The van der Waals surface area contributed by atoms with Crippen LogP contribution in [0.2, 0.25) is 0 Å². The van der Waals surface area contributed by atoms with Crippen molar-refractivity contribution in [1.82, 2.24) is 4.90 Å². The predicted molar refractivity (Wildman–Crippen MR) is 78.8 cm³/mol. The molecule has 1 fully saturated rings. The minimum atomic E-state index is -3.09. The quantitative estimate of drug-likeness (QED) is 0.675. The van der Waals surface area contributed by atoms with Crippen molar-refractivity contribution >= 4 is 17.4 Å². The summed E-state index contributed by atoms with van der Waals surface area (Å²) in [5.41, 5.74) is -0.466. The molecule has 1 aromatic carbocycles. The molecule has 0 radical (unpaired) electrons. The van der Waals surface area contributed by atoms with Gasteiger partial charge in [-0.2, -0.15) is 8.78 Å². The Hall–Kier alpha value is -2.45. The second-order valence-electron chi connectivity index (χ2n) is 5.15. The van der Waals surface area contributed by atoms with E-state index < -0.39 is 17.6 Å². The average molecular weight is 329 g/mol. The van der Waals surface area contributed by atoms with Crippen LogP contribution in [0.25, 0.3) is 0 Å². The number of likely N-dealkylation sites (tertiary alicyclic amines) is 1. The summed E-state index contributed by atoms with van der Waals surface area (Å²) in [5.74, 6) is -0.311. The second kappa shape index (κ2) is 7.70. The van der Waals surface area contributed by atoms with Gasteiger partial charge in [0.25, 0.3) is 5.69 Å². The molecule has 0 unspecified atom stereocenters. The maximum Gasteiger partial charge on any atom is 0.387 e. The number of hydrogen-bond acceptors (Lipinski definition) is 4. The Bertz CT molecular complexity index is 575. The van der Waals surface area contributed by atoms with Crippen LogP contribution in [0.15, 0.2) is 18.2 Å². The number of nitrogens with zero attached hydrogens (tertiary/aromatic N) is 2. The van der Waals surface area contributed by atoms with Crippen LogP contribution in [0.4, 0.5) is 25.0 Å². The van der Waals surface area contributed by atoms with Crippen LogP contribution < -0.4 is 10.1 Å². The Balaban J connectivity index is 2.19. The highest BCUT2D eigenvalue weighted by Gasteiger charge is 2.20. The van der Waals surface area contributed by atoms with E-state index in [0.717, 1.165) is 43.9 Å². The molecule has 7 nitrogen and oxygen atoms in total. The summed E-state index contributed by atoms with van der Waals surface area (Å²) >= 11 is 0. The summed E-state index contributed by atoms with van der Waals surface area (Å²) in [6.07, 6.45) is 3.78. The van der Waals surface area contributed by atoms with E-state index >= 15 is 0 Å². The molecule has 0 bridgehead atoms. The number of urea groups is 1. The topological polar surface area (TPSA) is 84.7 Å². The zero-order valence-corrected chi connectivity index (χ0v) is 12.3. The lowest BCUT2D eigenvalue weighted by atomic mass is 10.2. The highest BCUT2D eigenvalue weighted by atomic mass is 19.3. The van der Waals surface area contributed by atoms with Gasteiger partial charge in [0.05, 0.1) is 10.6 Å². The van der Waals surface area contributed by atoms with Crippen LogP contribution in [0.3, 0.4) is 0 Å². The van der Waals surface area contributed by atoms with Crippen molar-refractivity contribution in [3.63, 3.8) is 0 Å². The summed E-state index contributed by atoms with van der Waals surface area (Å²) in [5, 5.41) is 13.2. The van der Waals surface area contributed by atoms with Gasteiger partial charge in [0.1, 0.15) is 5.75 Å². The monoisotopic (exact) mass is 329 g/mol. The molecular weight excluding hydrogens is 312 g/mol. The van der Waals surface area contributed by atoms with Crippen LogP contribution in [-0.2, 0) is 0 Å². The first kappa shape index (κ1) is 16.9. The number of halogens is 2. The third-order valence-corrected chi connectivity index (χ3v) is 3.52. The van der Waals surface area contributed by atoms with Crippen LogP contribution in [0.5, 0.6) is 5.75 Å². The molecule has 0 spiro atoms. The van der Waals surface area contributed by atoms with Crippen molar-refractivity contribution < 1.29 is 23.2 Å². The molecule has 1 aliphatic heterocycles. The first-order valence-corrected chi connectivity index (χ1v) is 7.26. The summed E-state index contributed by atoms with van der Waals surface area (Å²) in [7, 11) is 0. The van der Waals surface area contributed by atoms with E-state index in [1.807, 2.05) is 0 Å². The van der Waals surface area contributed by atoms with Gasteiger partial charge in [-0.25, -0.2) is 4.79 Å². The lowest BCUT2D eigenvalue weighted by molar-refractivity contribution is -0.384. The molecule has 0 saturated carbocycles. The van der Waals surface area contributed by atoms with Gasteiger partial charge in [0.15, 0.2) is 0 Å². The number of amides is 2. The minimum absolute atomic E-state index is 0.145. The van der Waals surface area contributed by atoms with Gasteiger partial charge in [0.2, 0.25) is 0 Å². The molecule has 0 atom stereocenters. The number of ether oxygens (including phenoxy) is 1. The third-order valence-electron chi connectivity index (χ3n) is 3.52. The summed E-state index contributed by atoms with van der Waals surface area (Å²) in [6.45, 7) is -1.97. The van der Waals surface area contributed by atoms with Crippen molar-refractivity contribution in [2.24, 2.45) is 0 Å². The largest absolute Gasteiger partial charge is 0.433 e. The number of anilines is 1. The lowest BCUT2D eigenvalue weighted by Gasteiger charge is -2.21. The molecule has 1 saturated heterocycles. The maximum atomic E-state index is 12.4. The fraction of sp³-hybridized carbons (Fsp3) is 0.500. The van der Waals surface area contributed by atoms with Gasteiger partial charge in [-0.3, -0.25) is 10.1 Å². The number of nitrogens with one attached hydrogen (secondary N) is 1. The predicted octanol–water partition coefficient (Wildman–Crippen LogP) is 3.60. The standard InChI is InChI=1S/C14H17F2N3O4/c15-13(16)23-12-6-5-10(19(21)22)9-11(12)17-14(20)18-7-3-1-2-4-8-18/h5-6,9,13H,1-4,7-8H2,(H,17,20). The molecular formula is C14H17F2N3O4.